The molecule has 0 aliphatic rings. The Balaban J connectivity index is 1.98. The third kappa shape index (κ3) is 8.19. The molecule has 0 saturated heterocycles. The number of methoxy groups -OCH3 is 1. The zero-order valence-corrected chi connectivity index (χ0v) is 26.5. The van der Waals surface area contributed by atoms with Gasteiger partial charge >= 0.3 is 21.2 Å². The Kier molecular flexibility index (Phi) is 11.3. The average Bonchev–Trinajstić information content (AvgIpc) is 3.33. The van der Waals surface area contributed by atoms with Crippen LogP contribution in [-0.2, 0) is 32.5 Å². The molecule has 226 valence electrons. The van der Waals surface area contributed by atoms with Gasteiger partial charge in [0, 0.05) is 29.1 Å². The smallest absolute Gasteiger partial charge is 0.357 e. The minimum atomic E-state index is -4.29. The topological polar surface area (TPSA) is 122 Å². The number of sulfonamides is 1. The molecule has 9 nitrogen and oxygen atoms in total. The van der Waals surface area contributed by atoms with E-state index in [2.05, 4.69) is 23.9 Å². The number of ether oxygens (including phenoxy) is 1. The molecule has 1 heterocycles. The molecule has 11 heteroatoms. The van der Waals surface area contributed by atoms with Crippen LogP contribution in [0.3, 0.4) is 0 Å². The number of nitrogens with one attached hydrogen (secondary N) is 2. The summed E-state index contributed by atoms with van der Waals surface area (Å²) < 4.78 is 32.9. The lowest BCUT2D eigenvalue weighted by molar-refractivity contribution is -0.147. The molecule has 1 aromatic heterocycles. The quantitative estimate of drug-likeness (QED) is 0.245. The van der Waals surface area contributed by atoms with Gasteiger partial charge < -0.3 is 15.0 Å². The van der Waals surface area contributed by atoms with Gasteiger partial charge in [0.1, 0.15) is 11.0 Å². The fourth-order valence-electron chi connectivity index (χ4n) is 4.55. The SMILES string of the molecule is CCNC(=O)S(=O)(=O)Nc1sc(CC(C)C)cc1-c1ccc(CN(C(=O)c2ccccc2)C(C(=O)OC)C(C)C)cc1. The molecule has 2 aromatic carbocycles. The first-order valence-electron chi connectivity index (χ1n) is 13.8. The van der Waals surface area contributed by atoms with Crippen LogP contribution in [0.5, 0.6) is 0 Å². The predicted molar refractivity (Wildman–Crippen MR) is 167 cm³/mol. The van der Waals surface area contributed by atoms with Crippen LogP contribution in [0.15, 0.2) is 60.7 Å². The molecular formula is C31H39N3O6S2. The molecule has 0 saturated carbocycles. The largest absolute Gasteiger partial charge is 0.467 e. The van der Waals surface area contributed by atoms with Crippen molar-refractivity contribution in [2.75, 3.05) is 18.4 Å². The molecule has 1 unspecified atom stereocenters. The minimum Gasteiger partial charge on any atom is -0.467 e. The number of carbonyl (C=O) groups is 3. The summed E-state index contributed by atoms with van der Waals surface area (Å²) in [5.41, 5.74) is 2.64. The number of hydrogen-bond donors (Lipinski definition) is 2. The van der Waals surface area contributed by atoms with Crippen LogP contribution in [0, 0.1) is 11.8 Å². The number of benzene rings is 2. The van der Waals surface area contributed by atoms with Gasteiger partial charge in [-0.25, -0.2) is 4.79 Å². The van der Waals surface area contributed by atoms with Gasteiger partial charge in [-0.15, -0.1) is 11.3 Å². The van der Waals surface area contributed by atoms with Crippen LogP contribution in [0.4, 0.5) is 9.80 Å². The zero-order chi connectivity index (χ0) is 31.0. The first-order valence-corrected chi connectivity index (χ1v) is 16.1. The van der Waals surface area contributed by atoms with E-state index in [4.69, 9.17) is 4.74 Å². The maximum Gasteiger partial charge on any atom is 0.357 e. The monoisotopic (exact) mass is 613 g/mol. The van der Waals surface area contributed by atoms with E-state index < -0.39 is 27.3 Å². The van der Waals surface area contributed by atoms with Gasteiger partial charge in [0.15, 0.2) is 0 Å². The highest BCUT2D eigenvalue weighted by Gasteiger charge is 2.34. The van der Waals surface area contributed by atoms with Crippen molar-refractivity contribution >= 4 is 43.5 Å². The van der Waals surface area contributed by atoms with Crippen molar-refractivity contribution in [1.29, 1.82) is 0 Å². The first kappa shape index (κ1) is 32.8. The van der Waals surface area contributed by atoms with Crippen molar-refractivity contribution in [1.82, 2.24) is 10.2 Å². The predicted octanol–water partition coefficient (Wildman–Crippen LogP) is 5.92. The van der Waals surface area contributed by atoms with Crippen LogP contribution >= 0.6 is 11.3 Å². The summed E-state index contributed by atoms with van der Waals surface area (Å²) >= 11 is 1.30. The van der Waals surface area contributed by atoms with Crippen molar-refractivity contribution in [2.45, 2.75) is 53.6 Å². The first-order chi connectivity index (χ1) is 19.9. The Bertz CT molecular complexity index is 1480. The normalized spacial score (nSPS) is 12.2. The molecule has 3 rings (SSSR count). The zero-order valence-electron chi connectivity index (χ0n) is 24.8. The van der Waals surface area contributed by atoms with E-state index >= 15 is 0 Å². The van der Waals surface area contributed by atoms with Crippen molar-refractivity contribution in [2.24, 2.45) is 11.8 Å². The Morgan fingerprint density at radius 2 is 1.62 bits per heavy atom. The summed E-state index contributed by atoms with van der Waals surface area (Å²) in [6, 6.07) is 17.3. The second-order valence-corrected chi connectivity index (χ2v) is 13.4. The Hall–Kier alpha value is -3.70. The number of rotatable bonds is 12. The summed E-state index contributed by atoms with van der Waals surface area (Å²) in [4.78, 5) is 41.0. The number of esters is 1. The Morgan fingerprint density at radius 1 is 0.976 bits per heavy atom. The van der Waals surface area contributed by atoms with Crippen LogP contribution in [0.2, 0.25) is 0 Å². The van der Waals surface area contributed by atoms with Gasteiger partial charge in [-0.1, -0.05) is 70.2 Å². The van der Waals surface area contributed by atoms with Crippen molar-refractivity contribution in [3.8, 4) is 11.1 Å². The van der Waals surface area contributed by atoms with Crippen molar-refractivity contribution < 1.29 is 27.5 Å². The van der Waals surface area contributed by atoms with E-state index in [0.29, 0.717) is 22.0 Å². The minimum absolute atomic E-state index is 0.158. The van der Waals surface area contributed by atoms with E-state index in [1.165, 1.54) is 23.3 Å². The number of anilines is 1. The summed E-state index contributed by atoms with van der Waals surface area (Å²) in [6.45, 7) is 9.88. The van der Waals surface area contributed by atoms with Gasteiger partial charge in [0.25, 0.3) is 5.91 Å². The number of nitrogens with zero attached hydrogens (tertiary/aromatic N) is 1. The molecule has 0 spiro atoms. The molecule has 0 aliphatic heterocycles. The maximum absolute atomic E-state index is 13.6. The lowest BCUT2D eigenvalue weighted by Crippen LogP contribution is -2.48. The Morgan fingerprint density at radius 3 is 2.17 bits per heavy atom. The molecular weight excluding hydrogens is 574 g/mol. The molecule has 0 bridgehead atoms. The van der Waals surface area contributed by atoms with E-state index in [0.717, 1.165) is 22.4 Å². The lowest BCUT2D eigenvalue weighted by atomic mass is 9.99. The fraction of sp³-hybridized carbons (Fsp3) is 0.387. The van der Waals surface area contributed by atoms with Crippen LogP contribution in [0.1, 0.15) is 55.4 Å². The molecule has 0 radical (unpaired) electrons. The molecule has 0 aliphatic carbocycles. The van der Waals surface area contributed by atoms with E-state index in [1.54, 1.807) is 31.2 Å². The van der Waals surface area contributed by atoms with Crippen LogP contribution < -0.4 is 10.0 Å². The van der Waals surface area contributed by atoms with E-state index in [9.17, 15) is 22.8 Å². The summed E-state index contributed by atoms with van der Waals surface area (Å²) in [6.07, 6.45) is 0.749. The number of carbonyl (C=O) groups excluding carboxylic acids is 3. The summed E-state index contributed by atoms with van der Waals surface area (Å²) in [5.74, 6) is -0.633. The fourth-order valence-corrected chi connectivity index (χ4v) is 6.97. The van der Waals surface area contributed by atoms with Gasteiger partial charge in [-0.05, 0) is 54.5 Å². The average molecular weight is 614 g/mol. The third-order valence-corrected chi connectivity index (χ3v) is 8.80. The van der Waals surface area contributed by atoms with Gasteiger partial charge in [-0.2, -0.15) is 8.42 Å². The van der Waals surface area contributed by atoms with Gasteiger partial charge in [0.05, 0.1) is 7.11 Å². The molecule has 2 amide bonds. The van der Waals surface area contributed by atoms with Crippen molar-refractivity contribution in [3.63, 3.8) is 0 Å². The third-order valence-electron chi connectivity index (χ3n) is 6.49. The Labute approximate surface area is 252 Å². The number of thiophene rings is 1. The highest BCUT2D eigenvalue weighted by Crippen LogP contribution is 2.38. The second kappa shape index (κ2) is 14.5. The summed E-state index contributed by atoms with van der Waals surface area (Å²) in [7, 11) is -2.98. The van der Waals surface area contributed by atoms with Gasteiger partial charge in [0.2, 0.25) is 0 Å². The maximum atomic E-state index is 13.6. The summed E-state index contributed by atoms with van der Waals surface area (Å²) in [5, 5.41) is 1.60. The highest BCUT2D eigenvalue weighted by molar-refractivity contribution is 8.07. The van der Waals surface area contributed by atoms with Crippen LogP contribution in [-0.4, -0.2) is 50.1 Å². The molecule has 1 atom stereocenters. The molecule has 0 fully saturated rings. The highest BCUT2D eigenvalue weighted by atomic mass is 32.2. The number of amides is 2. The standard InChI is InChI=1S/C31H39N3O6S2/c1-7-32-31(37)42(38,39)33-28-26(18-25(41-28)17-20(2)3)23-15-13-22(14-16-23)19-34(27(21(4)5)30(36)40-6)29(35)24-11-9-8-10-12-24/h8-16,18,20-21,27,33H,7,17,19H2,1-6H3,(H,32,37). The molecule has 42 heavy (non-hydrogen) atoms. The lowest BCUT2D eigenvalue weighted by Gasteiger charge is -2.32. The molecule has 2 N–H and O–H groups in total. The number of hydrogen-bond acceptors (Lipinski definition) is 7. The molecule has 3 aromatic rings. The van der Waals surface area contributed by atoms with Crippen LogP contribution in [0.25, 0.3) is 11.1 Å². The van der Waals surface area contributed by atoms with E-state index in [-0.39, 0.29) is 24.9 Å². The van der Waals surface area contributed by atoms with Crippen molar-refractivity contribution in [3.05, 3.63) is 76.7 Å². The van der Waals surface area contributed by atoms with Gasteiger partial charge in [-0.3, -0.25) is 14.3 Å². The van der Waals surface area contributed by atoms with E-state index in [1.807, 2.05) is 50.2 Å². The second-order valence-electron chi connectivity index (χ2n) is 10.7.